The van der Waals surface area contributed by atoms with Gasteiger partial charge in [0.25, 0.3) is 0 Å². The van der Waals surface area contributed by atoms with Gasteiger partial charge in [-0.3, -0.25) is 4.79 Å². The van der Waals surface area contributed by atoms with Crippen molar-refractivity contribution in [3.05, 3.63) is 23.8 Å². The molecule has 0 heterocycles. The van der Waals surface area contributed by atoms with Crippen molar-refractivity contribution in [3.8, 4) is 5.75 Å². The monoisotopic (exact) mass is 370 g/mol. The number of nitrogens with two attached hydrogens (primary N) is 1. The molecule has 140 valence electrons. The Balaban J connectivity index is 0.00000312. The SMILES string of the molecule is COC(=O)c1ccc(OC(C)C)c(NC(=O)C[C@@H]2CCC[C@H]2N)c1.Cl. The molecule has 1 aliphatic rings. The van der Waals surface area contributed by atoms with Gasteiger partial charge in [0.05, 0.1) is 24.5 Å². The maximum absolute atomic E-state index is 12.4. The van der Waals surface area contributed by atoms with E-state index < -0.39 is 5.97 Å². The topological polar surface area (TPSA) is 90.6 Å². The number of anilines is 1. The number of carbonyl (C=O) groups excluding carboxylic acids is 2. The summed E-state index contributed by atoms with van der Waals surface area (Å²) in [5, 5.41) is 2.86. The van der Waals surface area contributed by atoms with Crippen molar-refractivity contribution in [2.24, 2.45) is 11.7 Å². The number of hydrogen-bond acceptors (Lipinski definition) is 5. The molecule has 0 saturated heterocycles. The van der Waals surface area contributed by atoms with E-state index in [9.17, 15) is 9.59 Å². The van der Waals surface area contributed by atoms with E-state index in [1.54, 1.807) is 18.2 Å². The Morgan fingerprint density at radius 1 is 1.32 bits per heavy atom. The van der Waals surface area contributed by atoms with Crippen molar-refractivity contribution in [3.63, 3.8) is 0 Å². The van der Waals surface area contributed by atoms with Gasteiger partial charge >= 0.3 is 5.97 Å². The van der Waals surface area contributed by atoms with Crippen LogP contribution in [0.1, 0.15) is 49.9 Å². The number of rotatable bonds is 6. The molecule has 0 radical (unpaired) electrons. The zero-order valence-electron chi connectivity index (χ0n) is 14.9. The van der Waals surface area contributed by atoms with Gasteiger partial charge in [0, 0.05) is 12.5 Å². The minimum atomic E-state index is -0.459. The third-order valence-electron chi connectivity index (χ3n) is 4.20. The van der Waals surface area contributed by atoms with Crippen molar-refractivity contribution in [1.82, 2.24) is 0 Å². The largest absolute Gasteiger partial charge is 0.489 e. The van der Waals surface area contributed by atoms with Crippen molar-refractivity contribution in [2.75, 3.05) is 12.4 Å². The standard InChI is InChI=1S/C18H26N2O4.ClH/c1-11(2)24-16-8-7-13(18(22)23-3)9-15(16)20-17(21)10-12-5-4-6-14(12)19;/h7-9,11-12,14H,4-6,10,19H2,1-3H3,(H,20,21);1H/t12-,14+;/m0./s1. The highest BCUT2D eigenvalue weighted by Crippen LogP contribution is 2.30. The highest BCUT2D eigenvalue weighted by molar-refractivity contribution is 5.96. The summed E-state index contributed by atoms with van der Waals surface area (Å²) in [6.07, 6.45) is 3.35. The highest BCUT2D eigenvalue weighted by atomic mass is 35.5. The molecule has 1 aromatic rings. The first-order chi connectivity index (χ1) is 11.4. The van der Waals surface area contributed by atoms with Gasteiger partial charge in [0.1, 0.15) is 5.75 Å². The Bertz CT molecular complexity index is 607. The minimum absolute atomic E-state index is 0. The molecule has 0 aliphatic heterocycles. The average Bonchev–Trinajstić information content (AvgIpc) is 2.92. The van der Waals surface area contributed by atoms with E-state index in [4.69, 9.17) is 15.2 Å². The molecular weight excluding hydrogens is 344 g/mol. The number of carbonyl (C=O) groups is 2. The predicted molar refractivity (Wildman–Crippen MR) is 99.4 cm³/mol. The lowest BCUT2D eigenvalue weighted by molar-refractivity contribution is -0.117. The number of esters is 1. The van der Waals surface area contributed by atoms with Gasteiger partial charge in [0.15, 0.2) is 0 Å². The van der Waals surface area contributed by atoms with Crippen LogP contribution in [0.5, 0.6) is 5.75 Å². The smallest absolute Gasteiger partial charge is 0.337 e. The van der Waals surface area contributed by atoms with E-state index in [0.29, 0.717) is 23.4 Å². The molecule has 7 heteroatoms. The number of hydrogen-bond donors (Lipinski definition) is 2. The van der Waals surface area contributed by atoms with Gasteiger partial charge in [-0.05, 0) is 50.8 Å². The van der Waals surface area contributed by atoms with E-state index in [2.05, 4.69) is 5.32 Å². The summed E-state index contributed by atoms with van der Waals surface area (Å²) in [7, 11) is 1.32. The van der Waals surface area contributed by atoms with Gasteiger partial charge in [-0.15, -0.1) is 12.4 Å². The second-order valence-electron chi connectivity index (χ2n) is 6.48. The molecule has 3 N–H and O–H groups in total. The van der Waals surface area contributed by atoms with E-state index >= 15 is 0 Å². The van der Waals surface area contributed by atoms with Crippen LogP contribution in [0.4, 0.5) is 5.69 Å². The average molecular weight is 371 g/mol. The summed E-state index contributed by atoms with van der Waals surface area (Å²) in [6, 6.07) is 4.95. The summed E-state index contributed by atoms with van der Waals surface area (Å²) < 4.78 is 10.4. The Labute approximate surface area is 154 Å². The maximum Gasteiger partial charge on any atom is 0.337 e. The van der Waals surface area contributed by atoms with E-state index in [-0.39, 0.29) is 36.4 Å². The van der Waals surface area contributed by atoms with Crippen LogP contribution in [0.25, 0.3) is 0 Å². The molecule has 1 fully saturated rings. The van der Waals surface area contributed by atoms with Crippen LogP contribution in [0.3, 0.4) is 0 Å². The molecule has 1 aliphatic carbocycles. The summed E-state index contributed by atoms with van der Waals surface area (Å²) in [5.41, 5.74) is 6.87. The summed E-state index contributed by atoms with van der Waals surface area (Å²) >= 11 is 0. The molecule has 1 saturated carbocycles. The number of halogens is 1. The number of amides is 1. The molecule has 2 rings (SSSR count). The van der Waals surface area contributed by atoms with Crippen LogP contribution in [0, 0.1) is 5.92 Å². The van der Waals surface area contributed by atoms with E-state index in [0.717, 1.165) is 19.3 Å². The summed E-state index contributed by atoms with van der Waals surface area (Å²) in [5.74, 6) is 0.164. The first kappa shape index (κ1) is 21.3. The van der Waals surface area contributed by atoms with Crippen molar-refractivity contribution >= 4 is 30.0 Å². The molecule has 0 spiro atoms. The quantitative estimate of drug-likeness (QED) is 0.750. The molecule has 1 amide bonds. The molecule has 25 heavy (non-hydrogen) atoms. The second kappa shape index (κ2) is 9.63. The van der Waals surface area contributed by atoms with Crippen LogP contribution < -0.4 is 15.8 Å². The Morgan fingerprint density at radius 2 is 2.04 bits per heavy atom. The Morgan fingerprint density at radius 3 is 2.60 bits per heavy atom. The molecule has 0 aromatic heterocycles. The zero-order chi connectivity index (χ0) is 17.7. The molecule has 2 atom stereocenters. The van der Waals surface area contributed by atoms with Crippen LogP contribution in [-0.2, 0) is 9.53 Å². The van der Waals surface area contributed by atoms with E-state index in [1.165, 1.54) is 7.11 Å². The highest BCUT2D eigenvalue weighted by Gasteiger charge is 2.26. The normalized spacial score (nSPS) is 19.2. The third kappa shape index (κ3) is 5.90. The van der Waals surface area contributed by atoms with Crippen molar-refractivity contribution in [2.45, 2.75) is 51.7 Å². The first-order valence-electron chi connectivity index (χ1n) is 8.35. The number of nitrogens with one attached hydrogen (secondary N) is 1. The molecule has 0 unspecified atom stereocenters. The van der Waals surface area contributed by atoms with Gasteiger partial charge in [-0.1, -0.05) is 6.42 Å². The van der Waals surface area contributed by atoms with Crippen LogP contribution >= 0.6 is 12.4 Å². The Kier molecular flexibility index (Phi) is 8.19. The van der Waals surface area contributed by atoms with Crippen LogP contribution in [-0.4, -0.2) is 31.1 Å². The third-order valence-corrected chi connectivity index (χ3v) is 4.20. The molecule has 0 bridgehead atoms. The van der Waals surface area contributed by atoms with E-state index in [1.807, 2.05) is 13.8 Å². The molecule has 6 nitrogen and oxygen atoms in total. The summed E-state index contributed by atoms with van der Waals surface area (Å²) in [4.78, 5) is 24.1. The fraction of sp³-hybridized carbons (Fsp3) is 0.556. The second-order valence-corrected chi connectivity index (χ2v) is 6.48. The lowest BCUT2D eigenvalue weighted by Gasteiger charge is -2.18. The maximum atomic E-state index is 12.4. The zero-order valence-corrected chi connectivity index (χ0v) is 15.7. The number of ether oxygens (including phenoxy) is 2. The summed E-state index contributed by atoms with van der Waals surface area (Å²) in [6.45, 7) is 3.80. The van der Waals surface area contributed by atoms with Gasteiger partial charge in [0.2, 0.25) is 5.91 Å². The van der Waals surface area contributed by atoms with Crippen LogP contribution in [0.2, 0.25) is 0 Å². The predicted octanol–water partition coefficient (Wildman–Crippen LogP) is 3.14. The lowest BCUT2D eigenvalue weighted by Crippen LogP contribution is -2.28. The molecule has 1 aromatic carbocycles. The fourth-order valence-electron chi connectivity index (χ4n) is 2.99. The van der Waals surface area contributed by atoms with Gasteiger partial charge < -0.3 is 20.5 Å². The van der Waals surface area contributed by atoms with Crippen LogP contribution in [0.15, 0.2) is 18.2 Å². The van der Waals surface area contributed by atoms with Crippen molar-refractivity contribution < 1.29 is 19.1 Å². The number of methoxy groups -OCH3 is 1. The van der Waals surface area contributed by atoms with Crippen molar-refractivity contribution in [1.29, 1.82) is 0 Å². The number of benzene rings is 1. The lowest BCUT2D eigenvalue weighted by atomic mass is 10.00. The van der Waals surface area contributed by atoms with Gasteiger partial charge in [-0.25, -0.2) is 4.79 Å². The minimum Gasteiger partial charge on any atom is -0.489 e. The fourth-order valence-corrected chi connectivity index (χ4v) is 2.99. The molecular formula is C18H27ClN2O4. The first-order valence-corrected chi connectivity index (χ1v) is 8.35. The Hall–Kier alpha value is -1.79. The van der Waals surface area contributed by atoms with Gasteiger partial charge in [-0.2, -0.15) is 0 Å².